The molecule has 0 saturated heterocycles. The molecule has 19 heavy (non-hydrogen) atoms. The maximum atomic E-state index is 11.6. The fourth-order valence-electron chi connectivity index (χ4n) is 1.65. The number of sulfonamides is 1. The fraction of sp³-hybridized carbons (Fsp3) is 0.615. The minimum Gasteiger partial charge on any atom is -0.384 e. The molecule has 0 amide bonds. The van der Waals surface area contributed by atoms with E-state index < -0.39 is 10.0 Å². The zero-order valence-electron chi connectivity index (χ0n) is 11.6. The highest BCUT2D eigenvalue weighted by molar-refractivity contribution is 7.92. The second kappa shape index (κ2) is 7.99. The predicted octanol–water partition coefficient (Wildman–Crippen LogP) is 2.84. The highest BCUT2D eigenvalue weighted by Gasteiger charge is 2.09. The van der Waals surface area contributed by atoms with Crippen molar-refractivity contribution < 1.29 is 8.42 Å². The van der Waals surface area contributed by atoms with Crippen LogP contribution >= 0.6 is 0 Å². The van der Waals surface area contributed by atoms with Crippen molar-refractivity contribution in [3.05, 3.63) is 18.3 Å². The van der Waals surface area contributed by atoms with Crippen molar-refractivity contribution in [2.45, 2.75) is 39.5 Å². The van der Waals surface area contributed by atoms with Crippen molar-refractivity contribution in [2.24, 2.45) is 0 Å². The maximum absolute atomic E-state index is 11.6. The van der Waals surface area contributed by atoms with Gasteiger partial charge in [-0.15, -0.1) is 0 Å². The van der Waals surface area contributed by atoms with Gasteiger partial charge in [-0.05, 0) is 25.0 Å². The first kappa shape index (κ1) is 15.8. The van der Waals surface area contributed by atoms with Gasteiger partial charge in [0.05, 0.1) is 17.6 Å². The molecule has 0 aliphatic rings. The van der Waals surface area contributed by atoms with Crippen LogP contribution < -0.4 is 10.0 Å². The van der Waals surface area contributed by atoms with Crippen molar-refractivity contribution in [1.29, 1.82) is 0 Å². The van der Waals surface area contributed by atoms with Gasteiger partial charge in [-0.3, -0.25) is 4.72 Å². The number of rotatable bonds is 9. The van der Waals surface area contributed by atoms with Crippen LogP contribution in [-0.2, 0) is 10.0 Å². The molecule has 0 aliphatic carbocycles. The van der Waals surface area contributed by atoms with Gasteiger partial charge in [0, 0.05) is 6.54 Å². The number of hydrogen-bond acceptors (Lipinski definition) is 4. The molecule has 0 saturated carbocycles. The molecule has 108 valence electrons. The van der Waals surface area contributed by atoms with Crippen molar-refractivity contribution in [3.8, 4) is 0 Å². The molecule has 0 fully saturated rings. The highest BCUT2D eigenvalue weighted by Crippen LogP contribution is 2.11. The number of hydrogen-bond donors (Lipinski definition) is 2. The Kier molecular flexibility index (Phi) is 6.62. The van der Waals surface area contributed by atoms with Crippen LogP contribution in [0.25, 0.3) is 0 Å². The monoisotopic (exact) mass is 285 g/mol. The summed E-state index contributed by atoms with van der Waals surface area (Å²) in [5.74, 6) is 0.485. The van der Waals surface area contributed by atoms with Crippen LogP contribution in [0.2, 0.25) is 0 Å². The second-order valence-electron chi connectivity index (χ2n) is 4.49. The van der Waals surface area contributed by atoms with Crippen LogP contribution in [0.5, 0.6) is 0 Å². The lowest BCUT2D eigenvalue weighted by Gasteiger charge is -2.08. The summed E-state index contributed by atoms with van der Waals surface area (Å²) in [6, 6.07) is 3.51. The Hall–Kier alpha value is -1.30. The third-order valence-electron chi connectivity index (χ3n) is 2.61. The molecule has 1 aromatic rings. The van der Waals surface area contributed by atoms with Crippen LogP contribution in [0.15, 0.2) is 18.3 Å². The molecule has 0 aromatic carbocycles. The van der Waals surface area contributed by atoms with Gasteiger partial charge < -0.3 is 5.32 Å². The van der Waals surface area contributed by atoms with Gasteiger partial charge in [0.2, 0.25) is 10.0 Å². The number of aromatic nitrogens is 1. The van der Waals surface area contributed by atoms with Gasteiger partial charge in [0.25, 0.3) is 0 Å². The van der Waals surface area contributed by atoms with Gasteiger partial charge in [0.1, 0.15) is 5.82 Å². The van der Waals surface area contributed by atoms with Gasteiger partial charge >= 0.3 is 0 Å². The molecule has 0 radical (unpaired) electrons. The zero-order chi connectivity index (χ0) is 14.1. The number of unbranched alkanes of at least 4 members (excludes halogenated alkanes) is 2. The van der Waals surface area contributed by atoms with E-state index in [4.69, 9.17) is 0 Å². The lowest BCUT2D eigenvalue weighted by molar-refractivity contribution is 0.599. The standard InChI is InChI=1S/C13H23N3O2S/c1-3-5-6-9-14-12-7-8-13(15-11-12)16-19(17,18)10-4-2/h7-8,11,14H,3-6,9-10H2,1-2H3,(H,15,16). The summed E-state index contributed by atoms with van der Waals surface area (Å²) >= 11 is 0. The molecule has 5 nitrogen and oxygen atoms in total. The Morgan fingerprint density at radius 2 is 1.95 bits per heavy atom. The van der Waals surface area contributed by atoms with E-state index >= 15 is 0 Å². The van der Waals surface area contributed by atoms with Crippen molar-refractivity contribution in [1.82, 2.24) is 4.98 Å². The fourth-order valence-corrected chi connectivity index (χ4v) is 2.72. The first-order valence-electron chi connectivity index (χ1n) is 6.78. The number of pyridine rings is 1. The van der Waals surface area contributed by atoms with E-state index in [1.807, 2.05) is 13.0 Å². The highest BCUT2D eigenvalue weighted by atomic mass is 32.2. The van der Waals surface area contributed by atoms with E-state index in [1.54, 1.807) is 12.3 Å². The van der Waals surface area contributed by atoms with E-state index in [2.05, 4.69) is 21.9 Å². The SMILES string of the molecule is CCCCCNc1ccc(NS(=O)(=O)CCC)nc1. The summed E-state index contributed by atoms with van der Waals surface area (Å²) in [5, 5.41) is 3.25. The molecule has 1 aromatic heterocycles. The van der Waals surface area contributed by atoms with E-state index in [-0.39, 0.29) is 5.75 Å². The average Bonchev–Trinajstić information content (AvgIpc) is 2.36. The Morgan fingerprint density at radius 3 is 2.53 bits per heavy atom. The lowest BCUT2D eigenvalue weighted by Crippen LogP contribution is -2.16. The molecular formula is C13H23N3O2S. The topological polar surface area (TPSA) is 71.1 Å². The number of nitrogens with zero attached hydrogens (tertiary/aromatic N) is 1. The molecule has 0 aliphatic heterocycles. The van der Waals surface area contributed by atoms with Crippen LogP contribution in [0, 0.1) is 0 Å². The Labute approximate surface area is 115 Å². The van der Waals surface area contributed by atoms with Crippen LogP contribution in [-0.4, -0.2) is 25.7 Å². The summed E-state index contributed by atoms with van der Waals surface area (Å²) in [6.07, 6.45) is 5.76. The zero-order valence-corrected chi connectivity index (χ0v) is 12.5. The summed E-state index contributed by atoms with van der Waals surface area (Å²) in [7, 11) is -3.25. The Bertz CT molecular complexity index is 457. The van der Waals surface area contributed by atoms with E-state index in [1.165, 1.54) is 12.8 Å². The average molecular weight is 285 g/mol. The maximum Gasteiger partial charge on any atom is 0.233 e. The van der Waals surface area contributed by atoms with E-state index in [0.29, 0.717) is 12.2 Å². The van der Waals surface area contributed by atoms with Crippen LogP contribution in [0.4, 0.5) is 11.5 Å². The molecule has 0 spiro atoms. The Morgan fingerprint density at radius 1 is 1.16 bits per heavy atom. The molecule has 0 atom stereocenters. The number of anilines is 2. The van der Waals surface area contributed by atoms with Crippen molar-refractivity contribution in [2.75, 3.05) is 22.3 Å². The van der Waals surface area contributed by atoms with Gasteiger partial charge in [0.15, 0.2) is 0 Å². The largest absolute Gasteiger partial charge is 0.384 e. The predicted molar refractivity (Wildman–Crippen MR) is 80.0 cm³/mol. The molecule has 2 N–H and O–H groups in total. The molecular weight excluding hydrogens is 262 g/mol. The summed E-state index contributed by atoms with van der Waals surface area (Å²) in [6.45, 7) is 4.91. The summed E-state index contributed by atoms with van der Waals surface area (Å²) < 4.78 is 25.6. The van der Waals surface area contributed by atoms with Crippen molar-refractivity contribution >= 4 is 21.5 Å². The van der Waals surface area contributed by atoms with Gasteiger partial charge in [-0.1, -0.05) is 26.7 Å². The second-order valence-corrected chi connectivity index (χ2v) is 6.33. The van der Waals surface area contributed by atoms with E-state index in [0.717, 1.165) is 18.7 Å². The smallest absolute Gasteiger partial charge is 0.233 e. The Balaban J connectivity index is 2.47. The minimum absolute atomic E-state index is 0.117. The summed E-state index contributed by atoms with van der Waals surface area (Å²) in [4.78, 5) is 4.09. The number of nitrogens with one attached hydrogen (secondary N) is 2. The third kappa shape index (κ3) is 6.42. The van der Waals surface area contributed by atoms with Crippen molar-refractivity contribution in [3.63, 3.8) is 0 Å². The quantitative estimate of drug-likeness (QED) is 0.684. The molecule has 0 unspecified atom stereocenters. The molecule has 0 bridgehead atoms. The van der Waals surface area contributed by atoms with Gasteiger partial charge in [-0.25, -0.2) is 13.4 Å². The molecule has 6 heteroatoms. The van der Waals surface area contributed by atoms with Crippen LogP contribution in [0.3, 0.4) is 0 Å². The van der Waals surface area contributed by atoms with E-state index in [9.17, 15) is 8.42 Å². The van der Waals surface area contributed by atoms with Gasteiger partial charge in [-0.2, -0.15) is 0 Å². The summed E-state index contributed by atoms with van der Waals surface area (Å²) in [5.41, 5.74) is 0.912. The normalized spacial score (nSPS) is 11.3. The van der Waals surface area contributed by atoms with Crippen LogP contribution in [0.1, 0.15) is 39.5 Å². The first-order valence-corrected chi connectivity index (χ1v) is 8.43. The lowest BCUT2D eigenvalue weighted by atomic mass is 10.2. The third-order valence-corrected chi connectivity index (χ3v) is 4.07. The molecule has 1 heterocycles. The molecule has 1 rings (SSSR count). The first-order chi connectivity index (χ1) is 9.07. The minimum atomic E-state index is -3.25.